The first-order valence-corrected chi connectivity index (χ1v) is 5.70. The van der Waals surface area contributed by atoms with Gasteiger partial charge in [-0.25, -0.2) is 9.18 Å². The first-order chi connectivity index (χ1) is 9.47. The molecule has 0 bridgehead atoms. The third-order valence-electron chi connectivity index (χ3n) is 2.66. The molecule has 2 rings (SSSR count). The second-order valence-electron chi connectivity index (χ2n) is 4.10. The van der Waals surface area contributed by atoms with Crippen LogP contribution < -0.4 is 4.74 Å². The van der Waals surface area contributed by atoms with Crippen LogP contribution in [0, 0.1) is 22.9 Å². The number of carbonyl (C=O) groups is 1. The molecule has 20 heavy (non-hydrogen) atoms. The number of benzene rings is 2. The van der Waals surface area contributed by atoms with E-state index < -0.39 is 16.7 Å². The fourth-order valence-corrected chi connectivity index (χ4v) is 1.65. The number of rotatable bonds is 3. The predicted octanol–water partition coefficient (Wildman–Crippen LogP) is 3.26. The molecule has 0 radical (unpaired) electrons. The van der Waals surface area contributed by atoms with Crippen molar-refractivity contribution in [3.63, 3.8) is 0 Å². The molecule has 0 saturated heterocycles. The maximum Gasteiger partial charge on any atom is 0.343 e. The van der Waals surface area contributed by atoms with Gasteiger partial charge in [-0.05, 0) is 43.3 Å². The molecule has 0 amide bonds. The molecule has 0 aliphatic rings. The molecule has 0 N–H and O–H groups in total. The van der Waals surface area contributed by atoms with E-state index >= 15 is 0 Å². The summed E-state index contributed by atoms with van der Waals surface area (Å²) in [6.45, 7) is 1.55. The van der Waals surface area contributed by atoms with Crippen LogP contribution in [0.25, 0.3) is 0 Å². The zero-order valence-corrected chi connectivity index (χ0v) is 10.5. The van der Waals surface area contributed by atoms with Crippen LogP contribution in [0.2, 0.25) is 0 Å². The number of nitro benzene ring substituents is 1. The fraction of sp³-hybridized carbons (Fsp3) is 0.0714. The Morgan fingerprint density at radius 3 is 2.40 bits per heavy atom. The van der Waals surface area contributed by atoms with Gasteiger partial charge in [0.25, 0.3) is 5.69 Å². The smallest absolute Gasteiger partial charge is 0.343 e. The molecule has 0 aliphatic carbocycles. The van der Waals surface area contributed by atoms with E-state index in [4.69, 9.17) is 4.74 Å². The Hall–Kier alpha value is -2.76. The molecule has 0 spiro atoms. The molecule has 102 valence electrons. The summed E-state index contributed by atoms with van der Waals surface area (Å²) in [5.41, 5.74) is 0.536. The number of halogens is 1. The van der Waals surface area contributed by atoms with Gasteiger partial charge in [-0.3, -0.25) is 10.1 Å². The third kappa shape index (κ3) is 2.97. The summed E-state index contributed by atoms with van der Waals surface area (Å²) in [5.74, 6) is -0.909. The monoisotopic (exact) mass is 275 g/mol. The lowest BCUT2D eigenvalue weighted by Crippen LogP contribution is -2.08. The number of ether oxygens (including phenoxy) is 1. The Bertz CT molecular complexity index is 667. The third-order valence-corrected chi connectivity index (χ3v) is 2.66. The molecule has 2 aromatic carbocycles. The zero-order chi connectivity index (χ0) is 14.7. The minimum Gasteiger partial charge on any atom is -0.423 e. The number of carbonyl (C=O) groups excluding carboxylic acids is 1. The molecule has 0 saturated carbocycles. The van der Waals surface area contributed by atoms with E-state index in [1.807, 2.05) is 0 Å². The number of hydrogen-bond acceptors (Lipinski definition) is 4. The summed E-state index contributed by atoms with van der Waals surface area (Å²) >= 11 is 0. The van der Waals surface area contributed by atoms with Gasteiger partial charge in [0.2, 0.25) is 0 Å². The molecule has 5 nitrogen and oxygen atoms in total. The average molecular weight is 275 g/mol. The second kappa shape index (κ2) is 5.48. The van der Waals surface area contributed by atoms with Crippen LogP contribution in [0.3, 0.4) is 0 Å². The number of nitrogens with zero attached hydrogens (tertiary/aromatic N) is 1. The number of nitro groups is 1. The van der Waals surface area contributed by atoms with E-state index in [1.54, 1.807) is 6.92 Å². The highest BCUT2D eigenvalue weighted by molar-refractivity contribution is 5.91. The zero-order valence-electron chi connectivity index (χ0n) is 10.5. The SMILES string of the molecule is Cc1cc(OC(=O)c2ccc(F)cc2)ccc1[N+](=O)[O-]. The first kappa shape index (κ1) is 13.7. The lowest BCUT2D eigenvalue weighted by atomic mass is 10.2. The summed E-state index contributed by atoms with van der Waals surface area (Å²) in [4.78, 5) is 21.9. The van der Waals surface area contributed by atoms with Gasteiger partial charge < -0.3 is 4.74 Å². The molecule has 0 unspecified atom stereocenters. The van der Waals surface area contributed by atoms with Gasteiger partial charge in [0.1, 0.15) is 11.6 Å². The fourth-order valence-electron chi connectivity index (χ4n) is 1.65. The van der Waals surface area contributed by atoms with Crippen molar-refractivity contribution < 1.29 is 18.8 Å². The molecule has 6 heteroatoms. The lowest BCUT2D eigenvalue weighted by Gasteiger charge is -2.05. The van der Waals surface area contributed by atoms with Crippen molar-refractivity contribution in [2.45, 2.75) is 6.92 Å². The van der Waals surface area contributed by atoms with Crippen molar-refractivity contribution in [2.75, 3.05) is 0 Å². The van der Waals surface area contributed by atoms with E-state index in [0.717, 1.165) is 12.1 Å². The summed E-state index contributed by atoms with van der Waals surface area (Å²) in [6, 6.07) is 8.91. The largest absolute Gasteiger partial charge is 0.423 e. The van der Waals surface area contributed by atoms with Crippen LogP contribution in [0.5, 0.6) is 5.75 Å². The van der Waals surface area contributed by atoms with Crippen molar-refractivity contribution >= 4 is 11.7 Å². The normalized spacial score (nSPS) is 10.1. The minimum atomic E-state index is -0.654. The molecule has 0 aliphatic heterocycles. The Morgan fingerprint density at radius 2 is 1.85 bits per heavy atom. The lowest BCUT2D eigenvalue weighted by molar-refractivity contribution is -0.385. The highest BCUT2D eigenvalue weighted by Gasteiger charge is 2.13. The van der Waals surface area contributed by atoms with Crippen LogP contribution in [-0.2, 0) is 0 Å². The Kier molecular flexibility index (Phi) is 3.74. The van der Waals surface area contributed by atoms with Crippen molar-refractivity contribution in [3.05, 3.63) is 69.5 Å². The Labute approximate surface area is 113 Å². The minimum absolute atomic E-state index is 0.0495. The van der Waals surface area contributed by atoms with Gasteiger partial charge in [0, 0.05) is 11.6 Å². The highest BCUT2D eigenvalue weighted by atomic mass is 19.1. The van der Waals surface area contributed by atoms with Gasteiger partial charge in [0.05, 0.1) is 10.5 Å². The maximum atomic E-state index is 12.7. The second-order valence-corrected chi connectivity index (χ2v) is 4.10. The van der Waals surface area contributed by atoms with Gasteiger partial charge in [-0.2, -0.15) is 0 Å². The number of esters is 1. The average Bonchev–Trinajstić information content (AvgIpc) is 2.39. The molecular weight excluding hydrogens is 265 g/mol. The Morgan fingerprint density at radius 1 is 1.20 bits per heavy atom. The Balaban J connectivity index is 2.18. The molecule has 0 fully saturated rings. The van der Waals surface area contributed by atoms with Crippen LogP contribution in [0.4, 0.5) is 10.1 Å². The standard InChI is InChI=1S/C14H10FNO4/c1-9-8-12(6-7-13(9)16(18)19)20-14(17)10-2-4-11(15)5-3-10/h2-8H,1H3. The first-order valence-electron chi connectivity index (χ1n) is 5.70. The quantitative estimate of drug-likeness (QED) is 0.373. The van der Waals surface area contributed by atoms with Crippen LogP contribution in [0.15, 0.2) is 42.5 Å². The van der Waals surface area contributed by atoms with Crippen molar-refractivity contribution in [1.29, 1.82) is 0 Å². The van der Waals surface area contributed by atoms with E-state index in [1.165, 1.54) is 30.3 Å². The van der Waals surface area contributed by atoms with Gasteiger partial charge >= 0.3 is 5.97 Å². The molecule has 0 heterocycles. The summed E-state index contributed by atoms with van der Waals surface area (Å²) in [7, 11) is 0. The van der Waals surface area contributed by atoms with Gasteiger partial charge in [-0.1, -0.05) is 0 Å². The molecule has 0 aromatic heterocycles. The number of hydrogen-bond donors (Lipinski definition) is 0. The van der Waals surface area contributed by atoms with Crippen molar-refractivity contribution in [1.82, 2.24) is 0 Å². The summed E-state index contributed by atoms with van der Waals surface area (Å²) in [5, 5.41) is 10.7. The number of aryl methyl sites for hydroxylation is 1. The van der Waals surface area contributed by atoms with E-state index in [2.05, 4.69) is 0 Å². The topological polar surface area (TPSA) is 69.4 Å². The van der Waals surface area contributed by atoms with E-state index in [9.17, 15) is 19.3 Å². The van der Waals surface area contributed by atoms with E-state index in [-0.39, 0.29) is 17.0 Å². The van der Waals surface area contributed by atoms with Crippen LogP contribution in [-0.4, -0.2) is 10.9 Å². The summed E-state index contributed by atoms with van der Waals surface area (Å²) in [6.07, 6.45) is 0. The van der Waals surface area contributed by atoms with Crippen molar-refractivity contribution in [3.8, 4) is 5.75 Å². The summed E-state index contributed by atoms with van der Waals surface area (Å²) < 4.78 is 17.8. The molecular formula is C14H10FNO4. The molecule has 0 atom stereocenters. The van der Waals surface area contributed by atoms with Gasteiger partial charge in [-0.15, -0.1) is 0 Å². The van der Waals surface area contributed by atoms with Crippen LogP contribution in [0.1, 0.15) is 15.9 Å². The van der Waals surface area contributed by atoms with E-state index in [0.29, 0.717) is 5.56 Å². The van der Waals surface area contributed by atoms with Crippen molar-refractivity contribution in [2.24, 2.45) is 0 Å². The highest BCUT2D eigenvalue weighted by Crippen LogP contribution is 2.23. The molecule has 2 aromatic rings. The van der Waals surface area contributed by atoms with Crippen LogP contribution >= 0.6 is 0 Å². The predicted molar refractivity (Wildman–Crippen MR) is 69.2 cm³/mol. The van der Waals surface area contributed by atoms with Gasteiger partial charge in [0.15, 0.2) is 0 Å². The maximum absolute atomic E-state index is 12.7.